The number of nitrogens with zero attached hydrogens (tertiary/aromatic N) is 3. The van der Waals surface area contributed by atoms with E-state index in [9.17, 15) is 4.79 Å². The summed E-state index contributed by atoms with van der Waals surface area (Å²) in [6, 6.07) is 0. The number of carbonyl (C=O) groups is 1. The molecule has 2 aliphatic heterocycles. The zero-order chi connectivity index (χ0) is 17.1. The first-order chi connectivity index (χ1) is 12.3. The standard InChI is InChI=1S/C18H27N3O3S/c22-18(21-6-8-23-9-7-21)16-12-20(5-10-24-16)11-15-13-25-17(19-15)14-3-1-2-4-14/h13-14,16H,1-12H2. The summed E-state index contributed by atoms with van der Waals surface area (Å²) in [4.78, 5) is 21.7. The van der Waals surface area contributed by atoms with Crippen LogP contribution in [0.3, 0.4) is 0 Å². The second-order valence-electron chi connectivity index (χ2n) is 7.19. The van der Waals surface area contributed by atoms with Crippen LogP contribution in [0, 0.1) is 0 Å². The van der Waals surface area contributed by atoms with Crippen LogP contribution in [0.15, 0.2) is 5.38 Å². The third-order valence-corrected chi connectivity index (χ3v) is 6.46. The van der Waals surface area contributed by atoms with Gasteiger partial charge in [0, 0.05) is 44.0 Å². The molecule has 7 heteroatoms. The van der Waals surface area contributed by atoms with Crippen molar-refractivity contribution in [3.8, 4) is 0 Å². The fraction of sp³-hybridized carbons (Fsp3) is 0.778. The molecule has 6 nitrogen and oxygen atoms in total. The van der Waals surface area contributed by atoms with Crippen LogP contribution in [0.25, 0.3) is 0 Å². The molecule has 138 valence electrons. The molecule has 25 heavy (non-hydrogen) atoms. The van der Waals surface area contributed by atoms with E-state index in [2.05, 4.69) is 10.3 Å². The second kappa shape index (κ2) is 8.12. The molecule has 1 saturated carbocycles. The smallest absolute Gasteiger partial charge is 0.253 e. The maximum Gasteiger partial charge on any atom is 0.253 e. The van der Waals surface area contributed by atoms with Gasteiger partial charge in [0.15, 0.2) is 0 Å². The minimum Gasteiger partial charge on any atom is -0.378 e. The zero-order valence-electron chi connectivity index (χ0n) is 14.7. The molecule has 3 aliphatic rings. The molecule has 1 aromatic rings. The molecular formula is C18H27N3O3S. The molecule has 0 aromatic carbocycles. The van der Waals surface area contributed by atoms with E-state index in [0.717, 1.165) is 18.8 Å². The van der Waals surface area contributed by atoms with E-state index in [1.54, 1.807) is 0 Å². The predicted octanol–water partition coefficient (Wildman–Crippen LogP) is 1.86. The third kappa shape index (κ3) is 4.22. The van der Waals surface area contributed by atoms with Gasteiger partial charge < -0.3 is 14.4 Å². The van der Waals surface area contributed by atoms with E-state index in [1.807, 2.05) is 16.2 Å². The molecule has 1 aromatic heterocycles. The molecule has 4 rings (SSSR count). The largest absolute Gasteiger partial charge is 0.378 e. The van der Waals surface area contributed by atoms with Crippen LogP contribution < -0.4 is 0 Å². The lowest BCUT2D eigenvalue weighted by Gasteiger charge is -2.35. The van der Waals surface area contributed by atoms with Gasteiger partial charge in [0.25, 0.3) is 5.91 Å². The number of hydrogen-bond donors (Lipinski definition) is 0. The lowest BCUT2D eigenvalue weighted by molar-refractivity contribution is -0.153. The van der Waals surface area contributed by atoms with Gasteiger partial charge in [-0.05, 0) is 12.8 Å². The van der Waals surface area contributed by atoms with Gasteiger partial charge in [-0.1, -0.05) is 12.8 Å². The highest BCUT2D eigenvalue weighted by molar-refractivity contribution is 7.09. The molecule has 0 N–H and O–H groups in total. The van der Waals surface area contributed by atoms with Crippen LogP contribution in [0.2, 0.25) is 0 Å². The van der Waals surface area contributed by atoms with Gasteiger partial charge in [-0.25, -0.2) is 4.98 Å². The van der Waals surface area contributed by atoms with Crippen molar-refractivity contribution in [3.05, 3.63) is 16.1 Å². The van der Waals surface area contributed by atoms with Gasteiger partial charge in [0.2, 0.25) is 0 Å². The van der Waals surface area contributed by atoms with Gasteiger partial charge in [-0.2, -0.15) is 0 Å². The van der Waals surface area contributed by atoms with Crippen molar-refractivity contribution in [2.45, 2.75) is 44.2 Å². The van der Waals surface area contributed by atoms with E-state index in [-0.39, 0.29) is 12.0 Å². The van der Waals surface area contributed by atoms with Crippen LogP contribution in [0.4, 0.5) is 0 Å². The summed E-state index contributed by atoms with van der Waals surface area (Å²) in [6.07, 6.45) is 4.92. The highest BCUT2D eigenvalue weighted by Gasteiger charge is 2.31. The van der Waals surface area contributed by atoms with Crippen molar-refractivity contribution in [3.63, 3.8) is 0 Å². The van der Waals surface area contributed by atoms with Crippen LogP contribution in [-0.2, 0) is 20.8 Å². The Balaban J connectivity index is 1.32. The summed E-state index contributed by atoms with van der Waals surface area (Å²) in [5.74, 6) is 0.789. The maximum atomic E-state index is 12.6. The van der Waals surface area contributed by atoms with Crippen LogP contribution in [0.1, 0.15) is 42.3 Å². The first-order valence-corrected chi connectivity index (χ1v) is 10.3. The molecule has 1 amide bonds. The minimum absolute atomic E-state index is 0.109. The Morgan fingerprint density at radius 1 is 1.20 bits per heavy atom. The molecule has 1 unspecified atom stereocenters. The van der Waals surface area contributed by atoms with E-state index in [4.69, 9.17) is 14.5 Å². The number of thiazole rings is 1. The van der Waals surface area contributed by atoms with Crippen molar-refractivity contribution in [2.75, 3.05) is 46.0 Å². The molecule has 2 saturated heterocycles. The Morgan fingerprint density at radius 2 is 2.00 bits per heavy atom. The first-order valence-electron chi connectivity index (χ1n) is 9.44. The van der Waals surface area contributed by atoms with Crippen LogP contribution in [-0.4, -0.2) is 72.8 Å². The molecule has 0 spiro atoms. The van der Waals surface area contributed by atoms with E-state index in [1.165, 1.54) is 30.7 Å². The van der Waals surface area contributed by atoms with Crippen molar-refractivity contribution in [1.82, 2.24) is 14.8 Å². The number of ether oxygens (including phenoxy) is 2. The SMILES string of the molecule is O=C(C1CN(Cc2csc(C3CCCC3)n2)CCO1)N1CCOCC1. The van der Waals surface area contributed by atoms with E-state index >= 15 is 0 Å². The van der Waals surface area contributed by atoms with Gasteiger partial charge in [-0.15, -0.1) is 11.3 Å². The monoisotopic (exact) mass is 365 g/mol. The quantitative estimate of drug-likeness (QED) is 0.815. The minimum atomic E-state index is -0.347. The number of carbonyl (C=O) groups excluding carboxylic acids is 1. The fourth-order valence-electron chi connectivity index (χ4n) is 3.97. The number of morpholine rings is 2. The molecule has 1 aliphatic carbocycles. The summed E-state index contributed by atoms with van der Waals surface area (Å²) in [6.45, 7) is 5.57. The van der Waals surface area contributed by atoms with Crippen LogP contribution in [0.5, 0.6) is 0 Å². The predicted molar refractivity (Wildman–Crippen MR) is 95.7 cm³/mol. The van der Waals surface area contributed by atoms with Gasteiger partial charge in [-0.3, -0.25) is 9.69 Å². The van der Waals surface area contributed by atoms with E-state index < -0.39 is 0 Å². The first kappa shape index (κ1) is 17.4. The molecule has 3 fully saturated rings. The lowest BCUT2D eigenvalue weighted by Crippen LogP contribution is -2.53. The Labute approximate surface area is 153 Å². The summed E-state index contributed by atoms with van der Waals surface area (Å²) in [7, 11) is 0. The number of aromatic nitrogens is 1. The number of rotatable bonds is 4. The number of hydrogen-bond acceptors (Lipinski definition) is 6. The Kier molecular flexibility index (Phi) is 5.65. The number of amides is 1. The summed E-state index contributed by atoms with van der Waals surface area (Å²) >= 11 is 1.81. The van der Waals surface area contributed by atoms with Crippen molar-refractivity contribution in [2.24, 2.45) is 0 Å². The molecule has 3 heterocycles. The van der Waals surface area contributed by atoms with Crippen molar-refractivity contribution >= 4 is 17.2 Å². The molecular weight excluding hydrogens is 338 g/mol. The second-order valence-corrected chi connectivity index (χ2v) is 8.08. The topological polar surface area (TPSA) is 54.9 Å². The Morgan fingerprint density at radius 3 is 2.80 bits per heavy atom. The Hall–Kier alpha value is -1.02. The summed E-state index contributed by atoms with van der Waals surface area (Å²) in [5, 5.41) is 3.50. The summed E-state index contributed by atoms with van der Waals surface area (Å²) < 4.78 is 11.1. The van der Waals surface area contributed by atoms with Gasteiger partial charge >= 0.3 is 0 Å². The third-order valence-electron chi connectivity index (χ3n) is 5.41. The highest BCUT2D eigenvalue weighted by atomic mass is 32.1. The van der Waals surface area contributed by atoms with Crippen LogP contribution >= 0.6 is 11.3 Å². The van der Waals surface area contributed by atoms with Crippen molar-refractivity contribution < 1.29 is 14.3 Å². The average Bonchev–Trinajstić information content (AvgIpc) is 3.34. The van der Waals surface area contributed by atoms with Gasteiger partial charge in [0.1, 0.15) is 6.10 Å². The average molecular weight is 365 g/mol. The van der Waals surface area contributed by atoms with E-state index in [0.29, 0.717) is 45.4 Å². The molecule has 1 atom stereocenters. The highest BCUT2D eigenvalue weighted by Crippen LogP contribution is 2.35. The normalized spacial score (nSPS) is 26.2. The van der Waals surface area contributed by atoms with Gasteiger partial charge in [0.05, 0.1) is 30.5 Å². The molecule has 0 bridgehead atoms. The zero-order valence-corrected chi connectivity index (χ0v) is 15.5. The van der Waals surface area contributed by atoms with Crippen molar-refractivity contribution in [1.29, 1.82) is 0 Å². The lowest BCUT2D eigenvalue weighted by atomic mass is 10.1. The maximum absolute atomic E-state index is 12.6. The fourth-order valence-corrected chi connectivity index (χ4v) is 4.95. The summed E-state index contributed by atoms with van der Waals surface area (Å²) in [5.41, 5.74) is 1.14. The Bertz CT molecular complexity index is 582. The molecule has 0 radical (unpaired) electrons.